The van der Waals surface area contributed by atoms with Crippen LogP contribution in [0.15, 0.2) is 0 Å². The Morgan fingerprint density at radius 1 is 0.500 bits per heavy atom. The van der Waals surface area contributed by atoms with E-state index in [1.807, 2.05) is 0 Å². The third-order valence-corrected chi connectivity index (χ3v) is 0. The van der Waals surface area contributed by atoms with Gasteiger partial charge in [-0.3, -0.25) is 0 Å². The van der Waals surface area contributed by atoms with Crippen LogP contribution in [-0.2, 0) is 76.3 Å². The van der Waals surface area contributed by atoms with Crippen LogP contribution in [0.1, 0.15) is 0 Å². The molecule has 0 aromatic carbocycles. The van der Waals surface area contributed by atoms with Crippen molar-refractivity contribution >= 4 is 0 Å². The molecule has 0 saturated carbocycles. The third kappa shape index (κ3) is 208. The van der Waals surface area contributed by atoms with Gasteiger partial charge in [-0.25, -0.2) is 0 Å². The number of hydrogen-bond donors (Lipinski definition) is 0. The van der Waals surface area contributed by atoms with Crippen molar-refractivity contribution in [2.24, 2.45) is 0 Å². The quantitative estimate of drug-likeness (QED) is 0.231. The standard InChI is InChI=1S/2Lu.9O.3Zr/q2*+3;;;;6*-1;;;. The molecule has 0 heterocycles. The van der Waals surface area contributed by atoms with Crippen LogP contribution < -0.4 is 19.1 Å². The Labute approximate surface area is 165 Å². The van der Waals surface area contributed by atoms with Crippen molar-refractivity contribution in [3.8, 4) is 0 Å². The molecule has 0 aliphatic rings. The third-order valence-electron chi connectivity index (χ3n) is 0. The van der Waals surface area contributed by atoms with E-state index in [1.165, 1.54) is 0 Å². The van der Waals surface area contributed by atoms with Gasteiger partial charge in [0, 0.05) is 0 Å². The minimum absolute atomic E-state index is 0. The molecular formula is Lu2O9Zr3. The first-order valence-corrected chi connectivity index (χ1v) is 10.9. The van der Waals surface area contributed by atoms with Gasteiger partial charge in [-0.05, 0) is 0 Å². The Balaban J connectivity index is -0.0000000270. The molecule has 96 valence electrons. The van der Waals surface area contributed by atoms with Crippen molar-refractivity contribution in [2.45, 2.75) is 0 Å². The summed E-state index contributed by atoms with van der Waals surface area (Å²) >= 11 is -12.9. The van der Waals surface area contributed by atoms with E-state index >= 15 is 0 Å². The van der Waals surface area contributed by atoms with E-state index in [-0.39, 0.29) is 73.7 Å². The predicted molar refractivity (Wildman–Crippen MR) is 2.06 cm³/mol. The Bertz CT molecular complexity index is 116. The summed E-state index contributed by atoms with van der Waals surface area (Å²) in [7, 11) is 0. The first-order valence-electron chi connectivity index (χ1n) is 1.84. The summed E-state index contributed by atoms with van der Waals surface area (Å²) in [6.07, 6.45) is 0. The van der Waals surface area contributed by atoms with Gasteiger partial charge in [0.25, 0.3) is 0 Å². The fourth-order valence-electron chi connectivity index (χ4n) is 0. The summed E-state index contributed by atoms with van der Waals surface area (Å²) in [6.45, 7) is 0. The Kier molecular flexibility index (Phi) is 57.4. The summed E-state index contributed by atoms with van der Waals surface area (Å²) in [5.74, 6) is 0. The van der Waals surface area contributed by atoms with Gasteiger partial charge in [0.2, 0.25) is 0 Å². The van der Waals surface area contributed by atoms with Crippen molar-refractivity contribution in [1.82, 2.24) is 0 Å². The summed E-state index contributed by atoms with van der Waals surface area (Å²) in [5, 5.41) is 0. The molecule has 0 radical (unpaired) electrons. The average molecular weight is 768 g/mol. The second-order valence-corrected chi connectivity index (χ2v) is 4.44. The Morgan fingerprint density at radius 2 is 0.500 bits per heavy atom. The molecule has 0 N–H and O–H groups in total. The molecule has 0 unspecified atom stereocenters. The Hall–Kier alpha value is 4.28. The normalized spacial score (nSPS) is 5.57. The fraction of sp³-hybridized carbons (Fsp3) is 0. The van der Waals surface area contributed by atoms with E-state index in [0.29, 0.717) is 0 Å². The maximum absolute atomic E-state index is 8.61. The van der Waals surface area contributed by atoms with E-state index in [1.54, 1.807) is 0 Å². The van der Waals surface area contributed by atoms with Crippen molar-refractivity contribution in [3.05, 3.63) is 0 Å². The second kappa shape index (κ2) is 26.0. The molecule has 0 amide bonds. The van der Waals surface area contributed by atoms with Crippen LogP contribution in [0, 0.1) is 73.7 Å². The first-order chi connectivity index (χ1) is 5.20. The van der Waals surface area contributed by atoms with Gasteiger partial charge in [-0.2, -0.15) is 0 Å². The summed E-state index contributed by atoms with van der Waals surface area (Å²) in [6, 6.07) is 0. The molecule has 0 aromatic heterocycles. The molecule has 0 aliphatic heterocycles. The molecule has 0 aromatic rings. The summed E-state index contributed by atoms with van der Waals surface area (Å²) in [5.41, 5.74) is 0. The zero-order chi connectivity index (χ0) is 10.7. The van der Waals surface area contributed by atoms with Crippen LogP contribution >= 0.6 is 0 Å². The zero-order valence-corrected chi connectivity index (χ0v) is 16.4. The van der Waals surface area contributed by atoms with Gasteiger partial charge in [-0.1, -0.05) is 0 Å². The second-order valence-electron chi connectivity index (χ2n) is 0.750. The van der Waals surface area contributed by atoms with Crippen molar-refractivity contribution in [3.63, 3.8) is 0 Å². The van der Waals surface area contributed by atoms with Crippen LogP contribution in [0.2, 0.25) is 0 Å². The average Bonchev–Trinajstić information content (AvgIpc) is 1.54. The predicted octanol–water partition coefficient (Wildman–Crippen LogP) is -7.50. The molecule has 0 bridgehead atoms. The molecule has 14 heteroatoms. The number of rotatable bonds is 0. The van der Waals surface area contributed by atoms with E-state index in [2.05, 4.69) is 0 Å². The van der Waals surface area contributed by atoms with Crippen LogP contribution in [-0.4, -0.2) is 0 Å². The zero-order valence-electron chi connectivity index (χ0n) is 5.69. The van der Waals surface area contributed by atoms with Gasteiger partial charge < -0.3 is 0 Å². The Morgan fingerprint density at radius 3 is 0.500 bits per heavy atom. The molecule has 0 atom stereocenters. The van der Waals surface area contributed by atoms with Crippen molar-refractivity contribution < 1.29 is 169 Å². The fourth-order valence-corrected chi connectivity index (χ4v) is 0. The topological polar surface area (TPSA) is 190 Å². The van der Waals surface area contributed by atoms with Crippen LogP contribution in [0.5, 0.6) is 0 Å². The minimum atomic E-state index is -4.29. The van der Waals surface area contributed by atoms with Crippen molar-refractivity contribution in [2.75, 3.05) is 0 Å². The molecule has 0 saturated heterocycles. The summed E-state index contributed by atoms with van der Waals surface area (Å²) < 4.78 is 77.5. The first kappa shape index (κ1) is 30.9. The van der Waals surface area contributed by atoms with Crippen LogP contribution in [0.25, 0.3) is 0 Å². The molecule has 0 spiro atoms. The van der Waals surface area contributed by atoms with E-state index in [4.69, 9.17) is 27.5 Å². The summed E-state index contributed by atoms with van der Waals surface area (Å²) in [4.78, 5) is 0. The van der Waals surface area contributed by atoms with Crippen molar-refractivity contribution in [1.29, 1.82) is 0 Å². The molecule has 14 heavy (non-hydrogen) atoms. The SMILES string of the molecule is [Lu+3].[Lu+3].[O]=[Zr]([O-])[O-].[O]=[Zr]([O-])[O-].[O]=[Zr]([O-])[O-]. The van der Waals surface area contributed by atoms with Crippen LogP contribution in [0.4, 0.5) is 0 Å². The van der Waals surface area contributed by atoms with Gasteiger partial charge >= 0.3 is 169 Å². The van der Waals surface area contributed by atoms with Crippen LogP contribution in [0.3, 0.4) is 0 Å². The van der Waals surface area contributed by atoms with Gasteiger partial charge in [-0.15, -0.1) is 0 Å². The van der Waals surface area contributed by atoms with Gasteiger partial charge in [0.15, 0.2) is 0 Å². The van der Waals surface area contributed by atoms with E-state index in [0.717, 1.165) is 0 Å². The monoisotopic (exact) mass is 764 g/mol. The molecule has 0 aliphatic carbocycles. The molecule has 0 fully saturated rings. The van der Waals surface area contributed by atoms with E-state index < -0.39 is 67.9 Å². The van der Waals surface area contributed by atoms with Gasteiger partial charge in [0.05, 0.1) is 0 Å². The van der Waals surface area contributed by atoms with E-state index in [9.17, 15) is 0 Å². The number of hydrogen-bond acceptors (Lipinski definition) is 9. The molecule has 9 nitrogen and oxygen atoms in total. The van der Waals surface area contributed by atoms with Gasteiger partial charge in [0.1, 0.15) is 0 Å². The molecule has 0 rings (SSSR count). The maximum atomic E-state index is 8.61. The molecular weight excluding hydrogens is 768 g/mol.